The number of carbonyl (C=O) groups excluding carboxylic acids is 2. The van der Waals surface area contributed by atoms with Crippen molar-refractivity contribution in [2.24, 2.45) is 17.8 Å². The van der Waals surface area contributed by atoms with E-state index in [1.165, 1.54) is 9.80 Å². The van der Waals surface area contributed by atoms with E-state index < -0.39 is 53.4 Å². The molecule has 2 N–H and O–H groups in total. The van der Waals surface area contributed by atoms with Gasteiger partial charge in [0.1, 0.15) is 23.8 Å². The van der Waals surface area contributed by atoms with Gasteiger partial charge >= 0.3 is 5.97 Å². The van der Waals surface area contributed by atoms with Crippen LogP contribution in [0.3, 0.4) is 0 Å². The summed E-state index contributed by atoms with van der Waals surface area (Å²) in [6.07, 6.45) is 1.61. The summed E-state index contributed by atoms with van der Waals surface area (Å²) in [5.74, 6) is -3.99. The number of aliphatic hydroxyl groups excluding tert-OH is 1. The van der Waals surface area contributed by atoms with Gasteiger partial charge in [-0.2, -0.15) is 0 Å². The second-order valence-electron chi connectivity index (χ2n) is 10.8. The molecule has 0 aliphatic carbocycles. The fourth-order valence-corrected chi connectivity index (χ4v) is 7.51. The van der Waals surface area contributed by atoms with Crippen molar-refractivity contribution in [1.82, 2.24) is 24.8 Å². The summed E-state index contributed by atoms with van der Waals surface area (Å²) >= 11 is 3.56. The van der Waals surface area contributed by atoms with Crippen molar-refractivity contribution in [3.8, 4) is 0 Å². The normalized spacial score (nSPS) is 30.7. The highest BCUT2D eigenvalue weighted by Gasteiger charge is 2.77. The fourth-order valence-electron chi connectivity index (χ4n) is 6.57. The predicted octanol–water partition coefficient (Wildman–Crippen LogP) is 1.64. The van der Waals surface area contributed by atoms with Gasteiger partial charge in [-0.25, -0.2) is 4.68 Å². The van der Waals surface area contributed by atoms with E-state index in [1.54, 1.807) is 10.8 Å². The van der Waals surface area contributed by atoms with E-state index in [1.807, 2.05) is 38.1 Å². The Morgan fingerprint density at radius 1 is 1.37 bits per heavy atom. The van der Waals surface area contributed by atoms with Crippen LogP contribution in [0.15, 0.2) is 36.9 Å². The van der Waals surface area contributed by atoms with E-state index in [9.17, 15) is 24.6 Å². The Labute approximate surface area is 228 Å². The lowest BCUT2D eigenvalue weighted by Crippen LogP contribution is -2.59. The maximum Gasteiger partial charge on any atom is 0.310 e. The first-order valence-corrected chi connectivity index (χ1v) is 13.7. The quantitative estimate of drug-likeness (QED) is 0.315. The van der Waals surface area contributed by atoms with Crippen LogP contribution in [0.25, 0.3) is 11.0 Å². The molecule has 7 atom stereocenters. The lowest BCUT2D eigenvalue weighted by molar-refractivity contribution is -0.154. The third-order valence-electron chi connectivity index (χ3n) is 7.98. The Balaban J connectivity index is 1.58. The Kier molecular flexibility index (Phi) is 7.08. The van der Waals surface area contributed by atoms with Gasteiger partial charge in [0.15, 0.2) is 0 Å². The summed E-state index contributed by atoms with van der Waals surface area (Å²) in [4.78, 5) is 43.4. The van der Waals surface area contributed by atoms with E-state index in [2.05, 4.69) is 32.8 Å². The number of ether oxygens (including phenoxy) is 1. The minimum atomic E-state index is -1.33. The van der Waals surface area contributed by atoms with E-state index in [-0.39, 0.29) is 30.6 Å². The minimum absolute atomic E-state index is 0.0438. The van der Waals surface area contributed by atoms with Crippen LogP contribution >= 0.6 is 15.9 Å². The molecule has 1 aromatic carbocycles. The molecule has 11 nitrogen and oxygen atoms in total. The van der Waals surface area contributed by atoms with E-state index in [4.69, 9.17) is 4.74 Å². The Bertz CT molecular complexity index is 1270. The van der Waals surface area contributed by atoms with Crippen LogP contribution in [0.5, 0.6) is 0 Å². The van der Waals surface area contributed by atoms with E-state index in [0.29, 0.717) is 18.4 Å². The Morgan fingerprint density at radius 2 is 2.11 bits per heavy atom. The average Bonchev–Trinajstić information content (AvgIpc) is 3.59. The van der Waals surface area contributed by atoms with Gasteiger partial charge in [0.05, 0.1) is 36.1 Å². The third-order valence-corrected chi connectivity index (χ3v) is 8.82. The molecule has 3 fully saturated rings. The first kappa shape index (κ1) is 26.8. The van der Waals surface area contributed by atoms with Gasteiger partial charge in [-0.1, -0.05) is 53.2 Å². The first-order chi connectivity index (χ1) is 18.1. The molecular weight excluding hydrogens is 558 g/mol. The van der Waals surface area contributed by atoms with Crippen LogP contribution in [0, 0.1) is 17.8 Å². The number of amides is 2. The maximum absolute atomic E-state index is 14.5. The molecule has 2 bridgehead atoms. The van der Waals surface area contributed by atoms with Crippen molar-refractivity contribution < 1.29 is 29.3 Å². The van der Waals surface area contributed by atoms with Crippen molar-refractivity contribution in [2.75, 3.05) is 13.2 Å². The Morgan fingerprint density at radius 3 is 2.76 bits per heavy atom. The molecule has 2 amide bonds. The molecular formula is C26H32BrN5O6. The largest absolute Gasteiger partial charge is 0.481 e. The van der Waals surface area contributed by atoms with Crippen LogP contribution in [0.4, 0.5) is 0 Å². The van der Waals surface area contributed by atoms with Gasteiger partial charge in [0, 0.05) is 11.4 Å². The molecule has 38 heavy (non-hydrogen) atoms. The standard InChI is InChI=1S/C26H32BrN5O6/c1-4-9-30(13-31-18-8-6-5-7-17(18)28-29-31)24(35)22-26-11-16(27)21(38-26)19(25(36)37)20(26)23(34)32(22)15(12-33)10-14(2)3/h4-8,14-16,19-22,33H,1,9-13H2,2-3H3,(H,36,37)/t15-,16?,19+,20+,21+,22?,26?/m1/s1. The summed E-state index contributed by atoms with van der Waals surface area (Å²) in [7, 11) is 0. The van der Waals surface area contributed by atoms with Gasteiger partial charge in [-0.05, 0) is 30.9 Å². The number of benzene rings is 1. The minimum Gasteiger partial charge on any atom is -0.481 e. The van der Waals surface area contributed by atoms with Gasteiger partial charge in [0.2, 0.25) is 11.8 Å². The molecule has 1 spiro atoms. The maximum atomic E-state index is 14.5. The van der Waals surface area contributed by atoms with Crippen molar-refractivity contribution in [3.05, 3.63) is 36.9 Å². The van der Waals surface area contributed by atoms with Gasteiger partial charge in [0.25, 0.3) is 0 Å². The number of likely N-dealkylation sites (tertiary alicyclic amines) is 1. The SMILES string of the molecule is C=CCN(Cn1nnc2ccccc21)C(=O)C1N([C@@H](CO)CC(C)C)C(=O)[C@@H]2[C@H](C(=O)O)[C@H]3OC12CC3Br. The highest BCUT2D eigenvalue weighted by atomic mass is 79.9. The average molecular weight is 590 g/mol. The van der Waals surface area contributed by atoms with E-state index >= 15 is 0 Å². The zero-order valence-electron chi connectivity index (χ0n) is 21.3. The predicted molar refractivity (Wildman–Crippen MR) is 140 cm³/mol. The second kappa shape index (κ2) is 10.0. The number of para-hydroxylation sites is 1. The fraction of sp³-hybridized carbons (Fsp3) is 0.577. The number of aromatic nitrogens is 3. The number of hydrogen-bond donors (Lipinski definition) is 2. The van der Waals surface area contributed by atoms with Crippen LogP contribution in [0.1, 0.15) is 26.7 Å². The van der Waals surface area contributed by atoms with Crippen LogP contribution < -0.4 is 0 Å². The number of nitrogens with zero attached hydrogens (tertiary/aromatic N) is 5. The lowest BCUT2D eigenvalue weighted by atomic mass is 9.70. The third kappa shape index (κ3) is 4.04. The van der Waals surface area contributed by atoms with Crippen molar-refractivity contribution in [1.29, 1.82) is 0 Å². The molecule has 5 rings (SSSR count). The van der Waals surface area contributed by atoms with Crippen LogP contribution in [0.2, 0.25) is 0 Å². The molecule has 2 aromatic rings. The molecule has 0 radical (unpaired) electrons. The van der Waals surface area contributed by atoms with Gasteiger partial charge < -0.3 is 24.7 Å². The van der Waals surface area contributed by atoms with Crippen molar-refractivity contribution in [2.45, 2.75) is 62.0 Å². The number of hydrogen-bond acceptors (Lipinski definition) is 7. The smallest absolute Gasteiger partial charge is 0.310 e. The summed E-state index contributed by atoms with van der Waals surface area (Å²) in [5, 5.41) is 28.8. The molecule has 1 aromatic heterocycles. The molecule has 204 valence electrons. The zero-order valence-corrected chi connectivity index (χ0v) is 22.9. The van der Waals surface area contributed by atoms with Crippen LogP contribution in [-0.2, 0) is 25.8 Å². The molecule has 4 heterocycles. The monoisotopic (exact) mass is 589 g/mol. The number of aliphatic carboxylic acids is 1. The molecule has 3 saturated heterocycles. The Hall–Kier alpha value is -2.83. The highest BCUT2D eigenvalue weighted by molar-refractivity contribution is 9.09. The molecule has 0 saturated carbocycles. The number of fused-ring (bicyclic) bond motifs is 2. The number of rotatable bonds is 10. The molecule has 3 aliphatic rings. The molecule has 3 unspecified atom stereocenters. The topological polar surface area (TPSA) is 138 Å². The first-order valence-electron chi connectivity index (χ1n) is 12.8. The summed E-state index contributed by atoms with van der Waals surface area (Å²) < 4.78 is 7.96. The summed E-state index contributed by atoms with van der Waals surface area (Å²) in [6, 6.07) is 5.60. The van der Waals surface area contributed by atoms with Gasteiger partial charge in [-0.3, -0.25) is 14.4 Å². The zero-order chi connectivity index (χ0) is 27.4. The number of aliphatic hydroxyl groups is 1. The molecule has 12 heteroatoms. The number of alkyl halides is 1. The second-order valence-corrected chi connectivity index (χ2v) is 12.0. The number of halogens is 1. The number of carboxylic acids is 1. The van der Waals surface area contributed by atoms with Gasteiger partial charge in [-0.15, -0.1) is 11.7 Å². The molecule has 3 aliphatic heterocycles. The van der Waals surface area contributed by atoms with Crippen molar-refractivity contribution >= 4 is 44.7 Å². The van der Waals surface area contributed by atoms with Crippen molar-refractivity contribution in [3.63, 3.8) is 0 Å². The lowest BCUT2D eigenvalue weighted by Gasteiger charge is -2.39. The van der Waals surface area contributed by atoms with E-state index in [0.717, 1.165) is 5.52 Å². The summed E-state index contributed by atoms with van der Waals surface area (Å²) in [6.45, 7) is 7.59. The van der Waals surface area contributed by atoms with Crippen LogP contribution in [-0.4, -0.2) is 94.6 Å². The summed E-state index contributed by atoms with van der Waals surface area (Å²) in [5.41, 5.74) is 0.0863. The number of carboxylic acid groups (broad SMARTS) is 1. The number of carbonyl (C=O) groups is 3. The highest BCUT2D eigenvalue weighted by Crippen LogP contribution is 2.60.